The van der Waals surface area contributed by atoms with E-state index in [2.05, 4.69) is 18.2 Å². The van der Waals surface area contributed by atoms with Crippen LogP contribution < -0.4 is 0 Å². The lowest BCUT2D eigenvalue weighted by Crippen LogP contribution is -2.03. The second-order valence-corrected chi connectivity index (χ2v) is 8.72. The Morgan fingerprint density at radius 1 is 0.667 bits per heavy atom. The molecule has 4 heteroatoms. The largest absolute Gasteiger partial charge is 0.436 e. The smallest absolute Gasteiger partial charge is 0.247 e. The van der Waals surface area contributed by atoms with E-state index in [1.54, 1.807) is 0 Å². The van der Waals surface area contributed by atoms with Crippen LogP contribution in [0.2, 0.25) is 0 Å². The topological polar surface area (TPSA) is 43.9 Å². The van der Waals surface area contributed by atoms with Crippen LogP contribution in [0.25, 0.3) is 71.9 Å². The summed E-state index contributed by atoms with van der Waals surface area (Å²) < 4.78 is 50.4. The Morgan fingerprint density at radius 3 is 2.25 bits per heavy atom. The Kier molecular flexibility index (Phi) is 3.05. The Balaban J connectivity index is 1.60. The van der Waals surface area contributed by atoms with Crippen molar-refractivity contribution in [2.45, 2.75) is 0 Å². The lowest BCUT2D eigenvalue weighted by molar-refractivity contribution is 0.653. The van der Waals surface area contributed by atoms with Crippen molar-refractivity contribution in [2.75, 3.05) is 0 Å². The molecule has 0 amide bonds. The third kappa shape index (κ3) is 2.70. The molecule has 0 radical (unpaired) electrons. The minimum Gasteiger partial charge on any atom is -0.436 e. The van der Waals surface area contributed by atoms with Crippen LogP contribution in [0.1, 0.15) is 6.85 Å². The van der Waals surface area contributed by atoms with Crippen molar-refractivity contribution in [3.8, 4) is 17.1 Å². The molecule has 0 N–H and O–H groups in total. The molecule has 0 aliphatic carbocycles. The second kappa shape index (κ2) is 7.27. The maximum Gasteiger partial charge on any atom is 0.247 e. The zero-order valence-corrected chi connectivity index (χ0v) is 18.8. The summed E-state index contributed by atoms with van der Waals surface area (Å²) in [5, 5.41) is 4.91. The SMILES string of the molecule is [2H]c1c([2H])c([2H])c(-c2nc3oc4ccccc4c3nc2-n2c3ccccc3c3cc4ccccc4cc32)c([2H])c1[2H]. The van der Waals surface area contributed by atoms with Crippen LogP contribution >= 0.6 is 0 Å². The highest BCUT2D eigenvalue weighted by Crippen LogP contribution is 2.38. The fourth-order valence-corrected chi connectivity index (χ4v) is 5.09. The van der Waals surface area contributed by atoms with Gasteiger partial charge in [0.05, 0.1) is 17.9 Å². The van der Waals surface area contributed by atoms with Crippen molar-refractivity contribution < 1.29 is 11.3 Å². The van der Waals surface area contributed by atoms with Crippen molar-refractivity contribution in [3.63, 3.8) is 0 Å². The maximum absolute atomic E-state index is 8.76. The average Bonchev–Trinajstić information content (AvgIpc) is 3.52. The molecule has 0 saturated heterocycles. The predicted octanol–water partition coefficient (Wildman–Crippen LogP) is 8.29. The molecule has 0 aliphatic heterocycles. The minimum absolute atomic E-state index is 0.0347. The summed E-state index contributed by atoms with van der Waals surface area (Å²) in [6, 6.07) is 25.8. The Labute approximate surface area is 213 Å². The van der Waals surface area contributed by atoms with Gasteiger partial charge in [0, 0.05) is 21.7 Å². The molecule has 0 atom stereocenters. The van der Waals surface area contributed by atoms with E-state index in [0.29, 0.717) is 16.9 Å². The summed E-state index contributed by atoms with van der Waals surface area (Å²) in [5.41, 5.74) is 3.17. The Hall–Kier alpha value is -4.96. The molecule has 0 fully saturated rings. The number of hydrogen-bond acceptors (Lipinski definition) is 3. The Morgan fingerprint density at radius 2 is 1.39 bits per heavy atom. The van der Waals surface area contributed by atoms with Gasteiger partial charge < -0.3 is 4.42 Å². The molecule has 0 aliphatic rings. The minimum atomic E-state index is -0.466. The lowest BCUT2D eigenvalue weighted by Gasteiger charge is -2.12. The molecule has 3 aromatic heterocycles. The summed E-state index contributed by atoms with van der Waals surface area (Å²) in [6.45, 7) is 0. The van der Waals surface area contributed by atoms with Crippen LogP contribution in [0.4, 0.5) is 0 Å². The van der Waals surface area contributed by atoms with Gasteiger partial charge in [-0.05, 0) is 41.1 Å². The van der Waals surface area contributed by atoms with Crippen molar-refractivity contribution in [3.05, 3.63) is 115 Å². The van der Waals surface area contributed by atoms with Gasteiger partial charge in [0.2, 0.25) is 5.71 Å². The highest BCUT2D eigenvalue weighted by molar-refractivity contribution is 6.14. The first-order chi connectivity index (χ1) is 19.9. The average molecular weight is 467 g/mol. The van der Waals surface area contributed by atoms with Crippen LogP contribution in [0.3, 0.4) is 0 Å². The molecular formula is C32H19N3O. The zero-order valence-electron chi connectivity index (χ0n) is 23.8. The van der Waals surface area contributed by atoms with E-state index in [9.17, 15) is 0 Å². The molecule has 36 heavy (non-hydrogen) atoms. The van der Waals surface area contributed by atoms with E-state index < -0.39 is 18.1 Å². The predicted molar refractivity (Wildman–Crippen MR) is 147 cm³/mol. The van der Waals surface area contributed by atoms with E-state index in [1.807, 2.05) is 71.3 Å². The van der Waals surface area contributed by atoms with Crippen LogP contribution in [-0.2, 0) is 0 Å². The number of rotatable bonds is 2. The van der Waals surface area contributed by atoms with Gasteiger partial charge in [-0.2, -0.15) is 0 Å². The summed E-state index contributed by atoms with van der Waals surface area (Å²) in [7, 11) is 0. The van der Waals surface area contributed by atoms with Crippen molar-refractivity contribution in [1.82, 2.24) is 14.5 Å². The molecule has 0 saturated carbocycles. The summed E-state index contributed by atoms with van der Waals surface area (Å²) in [5.74, 6) is 0.351. The Bertz CT molecular complexity index is 2360. The zero-order chi connectivity index (χ0) is 28.0. The number of fused-ring (bicyclic) bond motifs is 7. The van der Waals surface area contributed by atoms with Crippen molar-refractivity contribution >= 4 is 54.8 Å². The standard InChI is InChI=1S/C32H19N3O/c1-2-10-20(11-3-1)29-31(33-30-24-15-7-9-17-28(24)36-32(30)34-29)35-26-16-8-6-14-23(26)25-18-21-12-4-5-13-22(21)19-27(25)35/h1-19H/i1D,2D,3D,10D,11D. The van der Waals surface area contributed by atoms with E-state index >= 15 is 0 Å². The van der Waals surface area contributed by atoms with Crippen molar-refractivity contribution in [2.24, 2.45) is 0 Å². The van der Waals surface area contributed by atoms with E-state index in [0.717, 1.165) is 38.0 Å². The first kappa shape index (κ1) is 15.1. The molecule has 8 aromatic rings. The van der Waals surface area contributed by atoms with Crippen LogP contribution in [0, 0.1) is 0 Å². The van der Waals surface area contributed by atoms with Gasteiger partial charge in [-0.25, -0.2) is 9.97 Å². The second-order valence-electron chi connectivity index (χ2n) is 8.72. The first-order valence-electron chi connectivity index (χ1n) is 14.1. The first-order valence-corrected chi connectivity index (χ1v) is 11.6. The van der Waals surface area contributed by atoms with Crippen LogP contribution in [0.5, 0.6) is 0 Å². The molecule has 5 aromatic carbocycles. The number of para-hydroxylation sites is 2. The molecule has 0 bridgehead atoms. The highest BCUT2D eigenvalue weighted by Gasteiger charge is 2.21. The fourth-order valence-electron chi connectivity index (χ4n) is 5.09. The van der Waals surface area contributed by atoms with Gasteiger partial charge in [-0.1, -0.05) is 84.8 Å². The molecule has 8 rings (SSSR count). The summed E-state index contributed by atoms with van der Waals surface area (Å²) >= 11 is 0. The van der Waals surface area contributed by atoms with E-state index in [4.69, 9.17) is 21.2 Å². The summed E-state index contributed by atoms with van der Waals surface area (Å²) in [6.07, 6.45) is 0. The molecule has 168 valence electrons. The number of hydrogen-bond donors (Lipinski definition) is 0. The lowest BCUT2D eigenvalue weighted by atomic mass is 10.1. The van der Waals surface area contributed by atoms with E-state index in [-0.39, 0.29) is 29.1 Å². The van der Waals surface area contributed by atoms with E-state index in [1.165, 1.54) is 0 Å². The van der Waals surface area contributed by atoms with Gasteiger partial charge in [0.15, 0.2) is 5.82 Å². The van der Waals surface area contributed by atoms with Gasteiger partial charge >= 0.3 is 0 Å². The maximum atomic E-state index is 8.76. The third-order valence-corrected chi connectivity index (χ3v) is 6.68. The highest BCUT2D eigenvalue weighted by atomic mass is 16.3. The molecule has 0 unspecified atom stereocenters. The van der Waals surface area contributed by atoms with Crippen LogP contribution in [-0.4, -0.2) is 14.5 Å². The normalized spacial score (nSPS) is 13.8. The van der Waals surface area contributed by atoms with Gasteiger partial charge in [-0.3, -0.25) is 4.57 Å². The molecule has 4 nitrogen and oxygen atoms in total. The number of benzene rings is 5. The van der Waals surface area contributed by atoms with Gasteiger partial charge in [0.25, 0.3) is 0 Å². The van der Waals surface area contributed by atoms with Crippen molar-refractivity contribution in [1.29, 1.82) is 0 Å². The number of furan rings is 1. The monoisotopic (exact) mass is 466 g/mol. The van der Waals surface area contributed by atoms with Gasteiger partial charge in [-0.15, -0.1) is 0 Å². The third-order valence-electron chi connectivity index (χ3n) is 6.68. The molecule has 0 spiro atoms. The molecular weight excluding hydrogens is 442 g/mol. The number of nitrogens with zero attached hydrogens (tertiary/aromatic N) is 3. The van der Waals surface area contributed by atoms with Crippen LogP contribution in [0.15, 0.2) is 120 Å². The molecule has 3 heterocycles. The quantitative estimate of drug-likeness (QED) is 0.257. The van der Waals surface area contributed by atoms with Gasteiger partial charge in [0.1, 0.15) is 16.8 Å². The summed E-state index contributed by atoms with van der Waals surface area (Å²) in [4.78, 5) is 9.93. The number of aromatic nitrogens is 3. The fraction of sp³-hybridized carbons (Fsp3) is 0.